The molecule has 0 aliphatic heterocycles. The van der Waals surface area contributed by atoms with Gasteiger partial charge in [-0.25, -0.2) is 0 Å². The highest BCUT2D eigenvalue weighted by atomic mass is 16.6. The average Bonchev–Trinajstić information content (AvgIpc) is 2.42. The SMILES string of the molecule is CC(C)CC(O)CNC(=O)COc1ccc([N+](=O)[O-])cc1. The first-order valence-electron chi connectivity index (χ1n) is 6.70. The molecule has 0 saturated carbocycles. The number of carbonyl (C=O) groups is 1. The molecule has 7 heteroatoms. The maximum Gasteiger partial charge on any atom is 0.269 e. The van der Waals surface area contributed by atoms with Gasteiger partial charge in [-0.2, -0.15) is 0 Å². The fraction of sp³-hybridized carbons (Fsp3) is 0.500. The van der Waals surface area contributed by atoms with Gasteiger partial charge >= 0.3 is 0 Å². The monoisotopic (exact) mass is 296 g/mol. The minimum atomic E-state index is -0.576. The Morgan fingerprint density at radius 1 is 1.38 bits per heavy atom. The van der Waals surface area contributed by atoms with Crippen molar-refractivity contribution in [2.24, 2.45) is 5.92 Å². The van der Waals surface area contributed by atoms with Gasteiger partial charge in [0.15, 0.2) is 6.61 Å². The van der Waals surface area contributed by atoms with Crippen molar-refractivity contribution in [3.63, 3.8) is 0 Å². The van der Waals surface area contributed by atoms with Crippen LogP contribution < -0.4 is 10.1 Å². The molecule has 0 heterocycles. The Kier molecular flexibility index (Phi) is 6.61. The smallest absolute Gasteiger partial charge is 0.269 e. The molecule has 1 aromatic carbocycles. The van der Waals surface area contributed by atoms with E-state index in [0.717, 1.165) is 0 Å². The number of nitrogens with one attached hydrogen (secondary N) is 1. The number of ether oxygens (including phenoxy) is 1. The van der Waals surface area contributed by atoms with Crippen molar-refractivity contribution in [1.82, 2.24) is 5.32 Å². The number of hydrogen-bond donors (Lipinski definition) is 2. The summed E-state index contributed by atoms with van der Waals surface area (Å²) in [6.45, 7) is 3.96. The number of carbonyl (C=O) groups excluding carboxylic acids is 1. The number of hydrogen-bond acceptors (Lipinski definition) is 5. The number of non-ortho nitro benzene ring substituents is 1. The third-order valence-corrected chi connectivity index (χ3v) is 2.70. The van der Waals surface area contributed by atoms with Crippen LogP contribution in [0.4, 0.5) is 5.69 Å². The zero-order valence-corrected chi connectivity index (χ0v) is 12.1. The number of nitro benzene ring substituents is 1. The van der Waals surface area contributed by atoms with Gasteiger partial charge < -0.3 is 15.2 Å². The molecule has 7 nitrogen and oxygen atoms in total. The molecule has 1 atom stereocenters. The highest BCUT2D eigenvalue weighted by Gasteiger charge is 2.10. The second-order valence-electron chi connectivity index (χ2n) is 5.13. The van der Waals surface area contributed by atoms with Crippen LogP contribution >= 0.6 is 0 Å². The van der Waals surface area contributed by atoms with E-state index in [4.69, 9.17) is 4.74 Å². The number of amides is 1. The van der Waals surface area contributed by atoms with E-state index in [0.29, 0.717) is 18.1 Å². The molecular weight excluding hydrogens is 276 g/mol. The number of aliphatic hydroxyl groups is 1. The summed E-state index contributed by atoms with van der Waals surface area (Å²) in [6, 6.07) is 5.47. The maximum atomic E-state index is 11.5. The predicted octanol–water partition coefficient (Wildman–Crippen LogP) is 1.50. The lowest BCUT2D eigenvalue weighted by atomic mass is 10.1. The van der Waals surface area contributed by atoms with Gasteiger partial charge in [0.25, 0.3) is 11.6 Å². The molecule has 0 radical (unpaired) electrons. The lowest BCUT2D eigenvalue weighted by Crippen LogP contribution is -2.35. The van der Waals surface area contributed by atoms with Crippen molar-refractivity contribution in [2.75, 3.05) is 13.2 Å². The van der Waals surface area contributed by atoms with Gasteiger partial charge in [-0.3, -0.25) is 14.9 Å². The molecule has 0 aromatic heterocycles. The summed E-state index contributed by atoms with van der Waals surface area (Å²) >= 11 is 0. The van der Waals surface area contributed by atoms with Crippen LogP contribution in [0.1, 0.15) is 20.3 Å². The third kappa shape index (κ3) is 6.71. The first kappa shape index (κ1) is 16.9. The Morgan fingerprint density at radius 3 is 2.52 bits per heavy atom. The van der Waals surface area contributed by atoms with E-state index >= 15 is 0 Å². The van der Waals surface area contributed by atoms with Crippen LogP contribution in [0.25, 0.3) is 0 Å². The number of nitro groups is 1. The summed E-state index contributed by atoms with van der Waals surface area (Å²) in [7, 11) is 0. The Hall–Kier alpha value is -2.15. The molecule has 0 aliphatic rings. The van der Waals surface area contributed by atoms with Crippen LogP contribution in [0, 0.1) is 16.0 Å². The largest absolute Gasteiger partial charge is 0.484 e. The lowest BCUT2D eigenvalue weighted by Gasteiger charge is -2.14. The summed E-state index contributed by atoms with van der Waals surface area (Å²) < 4.78 is 5.20. The van der Waals surface area contributed by atoms with E-state index in [1.54, 1.807) is 0 Å². The predicted molar refractivity (Wildman–Crippen MR) is 77.1 cm³/mol. The van der Waals surface area contributed by atoms with Crippen molar-refractivity contribution in [3.8, 4) is 5.75 Å². The maximum absolute atomic E-state index is 11.5. The van der Waals surface area contributed by atoms with Crippen LogP contribution in [-0.4, -0.2) is 35.2 Å². The van der Waals surface area contributed by atoms with E-state index in [9.17, 15) is 20.0 Å². The van der Waals surface area contributed by atoms with Crippen molar-refractivity contribution in [3.05, 3.63) is 34.4 Å². The molecule has 0 aliphatic carbocycles. The molecule has 0 spiro atoms. The fourth-order valence-corrected chi connectivity index (χ4v) is 1.72. The molecule has 21 heavy (non-hydrogen) atoms. The minimum absolute atomic E-state index is 0.0383. The van der Waals surface area contributed by atoms with Crippen LogP contribution in [0.3, 0.4) is 0 Å². The zero-order chi connectivity index (χ0) is 15.8. The fourth-order valence-electron chi connectivity index (χ4n) is 1.72. The van der Waals surface area contributed by atoms with E-state index in [1.165, 1.54) is 24.3 Å². The van der Waals surface area contributed by atoms with E-state index in [1.807, 2.05) is 13.8 Å². The minimum Gasteiger partial charge on any atom is -0.484 e. The quantitative estimate of drug-likeness (QED) is 0.559. The highest BCUT2D eigenvalue weighted by molar-refractivity contribution is 5.77. The Labute approximate surface area is 123 Å². The zero-order valence-electron chi connectivity index (χ0n) is 12.1. The van der Waals surface area contributed by atoms with Crippen molar-refractivity contribution >= 4 is 11.6 Å². The normalized spacial score (nSPS) is 12.0. The van der Waals surface area contributed by atoms with Gasteiger partial charge in [0.1, 0.15) is 5.75 Å². The number of aliphatic hydroxyl groups excluding tert-OH is 1. The van der Waals surface area contributed by atoms with Gasteiger partial charge in [-0.15, -0.1) is 0 Å². The molecule has 1 unspecified atom stereocenters. The molecule has 0 saturated heterocycles. The molecule has 1 rings (SSSR count). The number of rotatable bonds is 8. The molecule has 1 amide bonds. The molecule has 2 N–H and O–H groups in total. The Balaban J connectivity index is 2.31. The van der Waals surface area contributed by atoms with Crippen LogP contribution in [-0.2, 0) is 4.79 Å². The van der Waals surface area contributed by atoms with E-state index < -0.39 is 11.0 Å². The van der Waals surface area contributed by atoms with Gasteiger partial charge in [0.2, 0.25) is 0 Å². The third-order valence-electron chi connectivity index (χ3n) is 2.70. The summed E-state index contributed by atoms with van der Waals surface area (Å²) in [6.07, 6.45) is 0.0389. The van der Waals surface area contributed by atoms with Gasteiger partial charge in [-0.05, 0) is 24.5 Å². The van der Waals surface area contributed by atoms with Crippen molar-refractivity contribution < 1.29 is 19.6 Å². The highest BCUT2D eigenvalue weighted by Crippen LogP contribution is 2.17. The summed E-state index contributed by atoms with van der Waals surface area (Å²) in [4.78, 5) is 21.5. The Morgan fingerprint density at radius 2 is 2.00 bits per heavy atom. The second-order valence-corrected chi connectivity index (χ2v) is 5.13. The van der Waals surface area contributed by atoms with Crippen LogP contribution in [0.5, 0.6) is 5.75 Å². The number of nitrogens with zero attached hydrogens (tertiary/aromatic N) is 1. The van der Waals surface area contributed by atoms with Crippen LogP contribution in [0.2, 0.25) is 0 Å². The van der Waals surface area contributed by atoms with Crippen LogP contribution in [0.15, 0.2) is 24.3 Å². The van der Waals surface area contributed by atoms with Crippen molar-refractivity contribution in [2.45, 2.75) is 26.4 Å². The summed E-state index contributed by atoms with van der Waals surface area (Å²) in [5.74, 6) is 0.378. The van der Waals surface area contributed by atoms with Crippen molar-refractivity contribution in [1.29, 1.82) is 0 Å². The summed E-state index contributed by atoms with van der Waals surface area (Å²) in [5, 5.41) is 22.7. The van der Waals surface area contributed by atoms with E-state index in [2.05, 4.69) is 5.32 Å². The molecule has 0 bridgehead atoms. The molecule has 1 aromatic rings. The van der Waals surface area contributed by atoms with E-state index in [-0.39, 0.29) is 24.7 Å². The first-order chi connectivity index (χ1) is 9.88. The summed E-state index contributed by atoms with van der Waals surface area (Å²) in [5.41, 5.74) is -0.0383. The lowest BCUT2D eigenvalue weighted by molar-refractivity contribution is -0.384. The van der Waals surface area contributed by atoms with Gasteiger partial charge in [0.05, 0.1) is 11.0 Å². The molecular formula is C14H20N2O5. The first-order valence-corrected chi connectivity index (χ1v) is 6.70. The number of benzene rings is 1. The standard InChI is InChI=1S/C14H20N2O5/c1-10(2)7-12(17)8-15-14(18)9-21-13-5-3-11(4-6-13)16(19)20/h3-6,10,12,17H,7-9H2,1-2H3,(H,15,18). The second kappa shape index (κ2) is 8.21. The van der Waals surface area contributed by atoms with Gasteiger partial charge in [-0.1, -0.05) is 13.8 Å². The molecule has 116 valence electrons. The van der Waals surface area contributed by atoms with Gasteiger partial charge in [0, 0.05) is 18.7 Å². The average molecular weight is 296 g/mol. The molecule has 0 fully saturated rings. The topological polar surface area (TPSA) is 102 Å². The Bertz CT molecular complexity index is 473.